The summed E-state index contributed by atoms with van der Waals surface area (Å²) in [6.45, 7) is 6.55. The highest BCUT2D eigenvalue weighted by Crippen LogP contribution is 2.59. The van der Waals surface area contributed by atoms with Gasteiger partial charge in [0.1, 0.15) is 5.78 Å². The molecule has 0 aliphatic heterocycles. The molecule has 3 rings (SSSR count). The quantitative estimate of drug-likeness (QED) is 0.472. The van der Waals surface area contributed by atoms with Crippen molar-refractivity contribution in [2.45, 2.75) is 77.9 Å². The van der Waals surface area contributed by atoms with E-state index < -0.39 is 0 Å². The van der Waals surface area contributed by atoms with Crippen LogP contribution in [0.3, 0.4) is 0 Å². The summed E-state index contributed by atoms with van der Waals surface area (Å²) in [6, 6.07) is 0. The van der Waals surface area contributed by atoms with E-state index in [1.807, 2.05) is 0 Å². The molecule has 0 saturated heterocycles. The zero-order valence-corrected chi connectivity index (χ0v) is 17.4. The number of carbonyl (C=O) groups excluding carboxylic acids is 1. The van der Waals surface area contributed by atoms with E-state index in [2.05, 4.69) is 35.5 Å². The van der Waals surface area contributed by atoms with Crippen molar-refractivity contribution in [3.63, 3.8) is 0 Å². The van der Waals surface area contributed by atoms with Crippen LogP contribution in [0.5, 0.6) is 0 Å². The maximum Gasteiger partial charge on any atom is 0.138 e. The fourth-order valence-electron chi connectivity index (χ4n) is 6.06. The average molecular weight is 366 g/mol. The molecule has 3 aliphatic rings. The molecule has 0 aromatic rings. The van der Waals surface area contributed by atoms with E-state index in [1.165, 1.54) is 32.1 Å². The van der Waals surface area contributed by atoms with Crippen molar-refractivity contribution in [1.29, 1.82) is 0 Å². The molecule has 0 N–H and O–H groups in total. The van der Waals surface area contributed by atoms with Crippen molar-refractivity contribution < 1.29 is 14.1 Å². The first-order valence-corrected chi connectivity index (χ1v) is 10.4. The molecule has 7 unspecified atom stereocenters. The molecule has 4 heteroatoms. The standard InChI is InChI=1S/C21H35O3P/c1-14(7-10-19(23-4)21(12-13-21)15(2)22)16-8-9-17-18(24-25)6-5-11-20(16,17)3/h7,10,14,16-19H,5-6,8-9,11-13,25H2,1-4H3/b10-7+. The second-order valence-electron chi connectivity index (χ2n) is 8.98. The topological polar surface area (TPSA) is 35.5 Å². The van der Waals surface area contributed by atoms with Gasteiger partial charge in [0, 0.05) is 16.6 Å². The summed E-state index contributed by atoms with van der Waals surface area (Å²) in [7, 11) is 4.23. The van der Waals surface area contributed by atoms with Gasteiger partial charge in [-0.05, 0) is 68.6 Å². The van der Waals surface area contributed by atoms with E-state index in [4.69, 9.17) is 9.26 Å². The smallest absolute Gasteiger partial charge is 0.138 e. The second-order valence-corrected chi connectivity index (χ2v) is 9.25. The van der Waals surface area contributed by atoms with E-state index in [1.54, 1.807) is 14.0 Å². The minimum atomic E-state index is -0.240. The Kier molecular flexibility index (Phi) is 5.78. The summed E-state index contributed by atoms with van der Waals surface area (Å²) in [6.07, 6.45) is 13.2. The van der Waals surface area contributed by atoms with E-state index in [0.717, 1.165) is 12.8 Å². The van der Waals surface area contributed by atoms with Gasteiger partial charge in [-0.2, -0.15) is 0 Å². The maximum absolute atomic E-state index is 12.0. The number of carbonyl (C=O) groups is 1. The molecule has 0 spiro atoms. The lowest BCUT2D eigenvalue weighted by molar-refractivity contribution is -0.125. The van der Waals surface area contributed by atoms with Gasteiger partial charge in [-0.15, -0.1) is 0 Å². The molecule has 0 bridgehead atoms. The molecule has 142 valence electrons. The summed E-state index contributed by atoms with van der Waals surface area (Å²) in [5, 5.41) is 0. The lowest BCUT2D eigenvalue weighted by atomic mass is 9.62. The molecule has 3 saturated carbocycles. The minimum absolute atomic E-state index is 0.0630. The number of ketones is 1. The molecule has 3 fully saturated rings. The number of hydrogen-bond donors (Lipinski definition) is 0. The predicted molar refractivity (Wildman–Crippen MR) is 104 cm³/mol. The Morgan fingerprint density at radius 3 is 2.48 bits per heavy atom. The van der Waals surface area contributed by atoms with E-state index in [0.29, 0.717) is 29.3 Å². The highest BCUT2D eigenvalue weighted by Gasteiger charge is 2.54. The van der Waals surface area contributed by atoms with Crippen LogP contribution in [0, 0.1) is 28.6 Å². The molecule has 3 nitrogen and oxygen atoms in total. The van der Waals surface area contributed by atoms with Gasteiger partial charge in [0.2, 0.25) is 0 Å². The van der Waals surface area contributed by atoms with Crippen LogP contribution < -0.4 is 0 Å². The first-order valence-electron chi connectivity index (χ1n) is 9.96. The molecule has 7 atom stereocenters. The van der Waals surface area contributed by atoms with E-state index in [-0.39, 0.29) is 17.3 Å². The molecule has 0 amide bonds. The molecule has 0 aromatic carbocycles. The number of Topliss-reactive ketones (excluding diaryl/α,β-unsaturated/α-hetero) is 1. The number of allylic oxidation sites excluding steroid dienone is 1. The van der Waals surface area contributed by atoms with Gasteiger partial charge in [-0.25, -0.2) is 0 Å². The van der Waals surface area contributed by atoms with Gasteiger partial charge in [0.15, 0.2) is 0 Å². The zero-order chi connectivity index (χ0) is 18.2. The minimum Gasteiger partial charge on any atom is -0.376 e. The van der Waals surface area contributed by atoms with Crippen molar-refractivity contribution in [2.75, 3.05) is 7.11 Å². The van der Waals surface area contributed by atoms with Gasteiger partial charge in [0.25, 0.3) is 0 Å². The van der Waals surface area contributed by atoms with Gasteiger partial charge in [0.05, 0.1) is 17.6 Å². The third-order valence-electron chi connectivity index (χ3n) is 7.82. The second kappa shape index (κ2) is 7.41. The van der Waals surface area contributed by atoms with Crippen molar-refractivity contribution in [2.24, 2.45) is 28.6 Å². The van der Waals surface area contributed by atoms with Gasteiger partial charge < -0.3 is 9.26 Å². The average Bonchev–Trinajstić information content (AvgIpc) is 3.31. The Morgan fingerprint density at radius 1 is 1.20 bits per heavy atom. The summed E-state index contributed by atoms with van der Waals surface area (Å²) in [5.41, 5.74) is 0.139. The van der Waals surface area contributed by atoms with Gasteiger partial charge >= 0.3 is 0 Å². The number of ether oxygens (including phenoxy) is 1. The molecule has 0 radical (unpaired) electrons. The molecule has 25 heavy (non-hydrogen) atoms. The van der Waals surface area contributed by atoms with Crippen LogP contribution >= 0.6 is 9.47 Å². The van der Waals surface area contributed by atoms with Crippen LogP contribution in [0.1, 0.15) is 65.7 Å². The Morgan fingerprint density at radius 2 is 1.92 bits per heavy atom. The molecular formula is C21H35O3P. The summed E-state index contributed by atoms with van der Waals surface area (Å²) < 4.78 is 11.4. The van der Waals surface area contributed by atoms with Gasteiger partial charge in [-0.1, -0.05) is 32.4 Å². The van der Waals surface area contributed by atoms with Crippen LogP contribution in [-0.4, -0.2) is 25.1 Å². The highest BCUT2D eigenvalue weighted by molar-refractivity contribution is 7.09. The lowest BCUT2D eigenvalue weighted by Crippen LogP contribution is -2.41. The Hall–Kier alpha value is -0.240. The molecular weight excluding hydrogens is 331 g/mol. The fraction of sp³-hybridized carbons (Fsp3) is 0.857. The predicted octanol–water partition coefficient (Wildman–Crippen LogP) is 4.95. The Balaban J connectivity index is 1.71. The number of fused-ring (bicyclic) bond motifs is 1. The number of hydrogen-bond acceptors (Lipinski definition) is 3. The van der Waals surface area contributed by atoms with Crippen LogP contribution in [0.15, 0.2) is 12.2 Å². The van der Waals surface area contributed by atoms with E-state index in [9.17, 15) is 4.79 Å². The first kappa shape index (κ1) is 19.5. The van der Waals surface area contributed by atoms with Crippen molar-refractivity contribution in [3.05, 3.63) is 12.2 Å². The molecule has 3 aliphatic carbocycles. The normalized spacial score (nSPS) is 39.2. The first-order chi connectivity index (χ1) is 11.9. The monoisotopic (exact) mass is 366 g/mol. The summed E-state index contributed by atoms with van der Waals surface area (Å²) in [4.78, 5) is 12.0. The third kappa shape index (κ3) is 3.37. The molecule has 0 heterocycles. The molecule has 0 aromatic heterocycles. The Labute approximate surface area is 155 Å². The SMILES string of the molecule is COC(/C=C/C(C)C1CCC2C(OP)CCCC12C)C1(C(C)=O)CC1. The highest BCUT2D eigenvalue weighted by atomic mass is 31.0. The third-order valence-corrected chi connectivity index (χ3v) is 8.17. The lowest BCUT2D eigenvalue weighted by Gasteiger charge is -2.45. The van der Waals surface area contributed by atoms with Crippen molar-refractivity contribution >= 4 is 15.2 Å². The van der Waals surface area contributed by atoms with Crippen LogP contribution in [0.2, 0.25) is 0 Å². The van der Waals surface area contributed by atoms with Crippen LogP contribution in [-0.2, 0) is 14.1 Å². The number of methoxy groups -OCH3 is 1. The number of rotatable bonds is 7. The maximum atomic E-state index is 12.0. The Bertz CT molecular complexity index is 527. The zero-order valence-electron chi connectivity index (χ0n) is 16.3. The fourth-order valence-corrected chi connectivity index (χ4v) is 6.38. The van der Waals surface area contributed by atoms with Crippen molar-refractivity contribution in [3.8, 4) is 0 Å². The van der Waals surface area contributed by atoms with Crippen molar-refractivity contribution in [1.82, 2.24) is 0 Å². The van der Waals surface area contributed by atoms with Crippen LogP contribution in [0.4, 0.5) is 0 Å². The summed E-state index contributed by atoms with van der Waals surface area (Å²) in [5.74, 6) is 2.17. The largest absolute Gasteiger partial charge is 0.376 e. The van der Waals surface area contributed by atoms with E-state index >= 15 is 0 Å². The summed E-state index contributed by atoms with van der Waals surface area (Å²) >= 11 is 0. The van der Waals surface area contributed by atoms with Crippen LogP contribution in [0.25, 0.3) is 0 Å². The van der Waals surface area contributed by atoms with Gasteiger partial charge in [-0.3, -0.25) is 4.79 Å².